The van der Waals surface area contributed by atoms with Gasteiger partial charge in [0, 0.05) is 12.6 Å². The molecule has 0 fully saturated rings. The number of hydrogen-bond donors (Lipinski definition) is 0. The Bertz CT molecular complexity index is 727. The summed E-state index contributed by atoms with van der Waals surface area (Å²) in [7, 11) is 0. The smallest absolute Gasteiger partial charge is 0.283 e. The van der Waals surface area contributed by atoms with Crippen LogP contribution in [0.4, 0.5) is 0 Å². The maximum Gasteiger partial charge on any atom is 0.283 e. The molecule has 1 atom stereocenters. The number of pyridine rings is 1. The number of unbranched alkanes of at least 4 members (excludes halogenated alkanes) is 2. The Labute approximate surface area is 170 Å². The number of benzene rings is 1. The van der Waals surface area contributed by atoms with Crippen molar-refractivity contribution in [1.29, 1.82) is 0 Å². The molecule has 2 rings (SSSR count). The van der Waals surface area contributed by atoms with Gasteiger partial charge in [-0.2, -0.15) is 0 Å². The first-order chi connectivity index (χ1) is 13.6. The zero-order valence-corrected chi connectivity index (χ0v) is 17.8. The predicted molar refractivity (Wildman–Crippen MR) is 116 cm³/mol. The third kappa shape index (κ3) is 7.51. The molecule has 1 aromatic carbocycles. The van der Waals surface area contributed by atoms with Crippen molar-refractivity contribution < 1.29 is 4.84 Å². The molecule has 0 radical (unpaired) electrons. The molecular formula is C24H36N2O2. The zero-order chi connectivity index (χ0) is 20.2. The minimum atomic E-state index is -0.108. The molecule has 1 aromatic heterocycles. The van der Waals surface area contributed by atoms with Gasteiger partial charge in [0.05, 0.1) is 5.69 Å². The molecule has 0 aliphatic heterocycles. The van der Waals surface area contributed by atoms with Gasteiger partial charge >= 0.3 is 0 Å². The standard InChI is InChI=1S/C24H36N2O2/c1-4-6-10-17-25(18-16-21(3)5-2)19-23-14-11-15-24(27)26(23)28-20-22-12-8-7-9-13-22/h7-9,11-15,21H,4-6,10,16-20H2,1-3H3. The number of nitrogens with zero attached hydrogens (tertiary/aromatic N) is 2. The number of aromatic nitrogens is 1. The largest absolute Gasteiger partial charge is 0.406 e. The monoisotopic (exact) mass is 384 g/mol. The van der Waals surface area contributed by atoms with Crippen LogP contribution in [0.25, 0.3) is 0 Å². The van der Waals surface area contributed by atoms with Crippen molar-refractivity contribution in [2.24, 2.45) is 5.92 Å². The van der Waals surface area contributed by atoms with Crippen molar-refractivity contribution in [3.63, 3.8) is 0 Å². The van der Waals surface area contributed by atoms with Crippen LogP contribution >= 0.6 is 0 Å². The summed E-state index contributed by atoms with van der Waals surface area (Å²) in [6.07, 6.45) is 6.05. The van der Waals surface area contributed by atoms with Crippen LogP contribution in [-0.2, 0) is 13.2 Å². The van der Waals surface area contributed by atoms with Crippen LogP contribution < -0.4 is 10.4 Å². The van der Waals surface area contributed by atoms with E-state index in [2.05, 4.69) is 25.7 Å². The van der Waals surface area contributed by atoms with Crippen LogP contribution in [0.3, 0.4) is 0 Å². The molecule has 0 saturated carbocycles. The van der Waals surface area contributed by atoms with Crippen LogP contribution in [0.5, 0.6) is 0 Å². The Morgan fingerprint density at radius 3 is 2.50 bits per heavy atom. The van der Waals surface area contributed by atoms with E-state index in [1.165, 1.54) is 36.8 Å². The molecule has 1 unspecified atom stereocenters. The second kappa shape index (κ2) is 12.4. The van der Waals surface area contributed by atoms with Gasteiger partial charge in [0.25, 0.3) is 5.56 Å². The van der Waals surface area contributed by atoms with Crippen molar-refractivity contribution in [3.05, 3.63) is 70.1 Å². The molecular weight excluding hydrogens is 348 g/mol. The van der Waals surface area contributed by atoms with Crippen LogP contribution in [0.1, 0.15) is 64.1 Å². The zero-order valence-electron chi connectivity index (χ0n) is 17.8. The van der Waals surface area contributed by atoms with Gasteiger partial charge in [-0.1, -0.05) is 76.4 Å². The lowest BCUT2D eigenvalue weighted by atomic mass is 10.0. The Morgan fingerprint density at radius 2 is 1.79 bits per heavy atom. The highest BCUT2D eigenvalue weighted by Gasteiger charge is 2.12. The Morgan fingerprint density at radius 1 is 1.00 bits per heavy atom. The van der Waals surface area contributed by atoms with Crippen LogP contribution in [0, 0.1) is 5.92 Å². The molecule has 154 valence electrons. The maximum atomic E-state index is 12.4. The molecule has 0 bridgehead atoms. The van der Waals surface area contributed by atoms with Gasteiger partial charge in [0.2, 0.25) is 0 Å². The summed E-state index contributed by atoms with van der Waals surface area (Å²) < 4.78 is 1.48. The van der Waals surface area contributed by atoms with E-state index in [-0.39, 0.29) is 5.56 Å². The molecule has 0 aliphatic carbocycles. The first kappa shape index (κ1) is 22.2. The minimum absolute atomic E-state index is 0.108. The van der Waals surface area contributed by atoms with Crippen molar-refractivity contribution >= 4 is 0 Å². The van der Waals surface area contributed by atoms with Crippen LogP contribution in [0.15, 0.2) is 53.3 Å². The van der Waals surface area contributed by atoms with E-state index >= 15 is 0 Å². The molecule has 2 aromatic rings. The Kier molecular flexibility index (Phi) is 9.84. The molecule has 1 heterocycles. The van der Waals surface area contributed by atoms with Gasteiger partial charge in [-0.05, 0) is 43.5 Å². The normalized spacial score (nSPS) is 12.3. The highest BCUT2D eigenvalue weighted by atomic mass is 16.7. The van der Waals surface area contributed by atoms with Crippen molar-refractivity contribution in [2.75, 3.05) is 13.1 Å². The highest BCUT2D eigenvalue weighted by Crippen LogP contribution is 2.12. The Hall–Kier alpha value is -2.07. The SMILES string of the molecule is CCCCCN(CCC(C)CC)Cc1cccc(=O)n1OCc1ccccc1. The summed E-state index contributed by atoms with van der Waals surface area (Å²) in [6, 6.07) is 15.4. The van der Waals surface area contributed by atoms with E-state index < -0.39 is 0 Å². The lowest BCUT2D eigenvalue weighted by Crippen LogP contribution is -2.34. The van der Waals surface area contributed by atoms with Crippen molar-refractivity contribution in [3.8, 4) is 0 Å². The second-order valence-electron chi connectivity index (χ2n) is 7.69. The fourth-order valence-electron chi connectivity index (χ4n) is 3.19. The van der Waals surface area contributed by atoms with E-state index in [1.807, 2.05) is 42.5 Å². The van der Waals surface area contributed by atoms with E-state index in [9.17, 15) is 4.79 Å². The van der Waals surface area contributed by atoms with Gasteiger partial charge in [0.1, 0.15) is 6.61 Å². The van der Waals surface area contributed by atoms with Crippen LogP contribution in [0.2, 0.25) is 0 Å². The predicted octanol–water partition coefficient (Wildman–Crippen LogP) is 4.91. The number of hydrogen-bond acceptors (Lipinski definition) is 3. The summed E-state index contributed by atoms with van der Waals surface area (Å²) in [5.74, 6) is 0.723. The average Bonchev–Trinajstić information content (AvgIpc) is 2.72. The van der Waals surface area contributed by atoms with E-state index in [0.717, 1.165) is 36.8 Å². The number of rotatable bonds is 13. The summed E-state index contributed by atoms with van der Waals surface area (Å²) in [4.78, 5) is 20.8. The maximum absolute atomic E-state index is 12.4. The first-order valence-electron chi connectivity index (χ1n) is 10.7. The van der Waals surface area contributed by atoms with Crippen LogP contribution in [-0.4, -0.2) is 22.7 Å². The second-order valence-corrected chi connectivity index (χ2v) is 7.69. The van der Waals surface area contributed by atoms with Gasteiger partial charge < -0.3 is 4.84 Å². The summed E-state index contributed by atoms with van der Waals surface area (Å²) in [5, 5.41) is 0. The lowest BCUT2D eigenvalue weighted by Gasteiger charge is -2.25. The van der Waals surface area contributed by atoms with Crippen molar-refractivity contribution in [2.45, 2.75) is 66.0 Å². The minimum Gasteiger partial charge on any atom is -0.406 e. The van der Waals surface area contributed by atoms with Gasteiger partial charge in [-0.15, -0.1) is 4.73 Å². The Balaban J connectivity index is 2.08. The molecule has 0 N–H and O–H groups in total. The molecule has 0 saturated heterocycles. The topological polar surface area (TPSA) is 34.5 Å². The summed E-state index contributed by atoms with van der Waals surface area (Å²) in [5.41, 5.74) is 1.87. The van der Waals surface area contributed by atoms with Crippen molar-refractivity contribution in [1.82, 2.24) is 9.63 Å². The van der Waals surface area contributed by atoms with Gasteiger partial charge in [-0.25, -0.2) is 0 Å². The van der Waals surface area contributed by atoms with Gasteiger partial charge in [-0.3, -0.25) is 9.69 Å². The summed E-state index contributed by atoms with van der Waals surface area (Å²) in [6.45, 7) is 10.0. The average molecular weight is 385 g/mol. The summed E-state index contributed by atoms with van der Waals surface area (Å²) >= 11 is 0. The highest BCUT2D eigenvalue weighted by molar-refractivity contribution is 5.13. The molecule has 0 amide bonds. The molecule has 4 nitrogen and oxygen atoms in total. The first-order valence-corrected chi connectivity index (χ1v) is 10.7. The molecule has 28 heavy (non-hydrogen) atoms. The van der Waals surface area contributed by atoms with E-state index in [4.69, 9.17) is 4.84 Å². The van der Waals surface area contributed by atoms with Gasteiger partial charge in [0.15, 0.2) is 0 Å². The fourth-order valence-corrected chi connectivity index (χ4v) is 3.19. The quantitative estimate of drug-likeness (QED) is 0.460. The van der Waals surface area contributed by atoms with E-state index in [1.54, 1.807) is 6.07 Å². The van der Waals surface area contributed by atoms with E-state index in [0.29, 0.717) is 6.61 Å². The third-order valence-electron chi connectivity index (χ3n) is 5.29. The lowest BCUT2D eigenvalue weighted by molar-refractivity contribution is 0.0753. The third-order valence-corrected chi connectivity index (χ3v) is 5.29. The molecule has 4 heteroatoms. The molecule has 0 aliphatic rings. The molecule has 0 spiro atoms. The fraction of sp³-hybridized carbons (Fsp3) is 0.542.